The number of nitrogens with two attached hydrogens (primary N) is 1. The Morgan fingerprint density at radius 1 is 1.64 bits per heavy atom. The molecule has 1 spiro atoms. The summed E-state index contributed by atoms with van der Waals surface area (Å²) in [6.45, 7) is 5.67. The maximum absolute atomic E-state index is 11.6. The van der Waals surface area contributed by atoms with E-state index >= 15 is 0 Å². The maximum Gasteiger partial charge on any atom is 0.295 e. The van der Waals surface area contributed by atoms with E-state index in [9.17, 15) is 4.79 Å². The van der Waals surface area contributed by atoms with Gasteiger partial charge in [0.05, 0.1) is 0 Å². The van der Waals surface area contributed by atoms with Crippen LogP contribution >= 0.6 is 0 Å². The fourth-order valence-corrected chi connectivity index (χ4v) is 1.98. The van der Waals surface area contributed by atoms with E-state index in [2.05, 4.69) is 23.7 Å². The molecule has 5 heteroatoms. The van der Waals surface area contributed by atoms with Crippen molar-refractivity contribution in [2.24, 2.45) is 10.7 Å². The van der Waals surface area contributed by atoms with Crippen LogP contribution < -0.4 is 5.73 Å². The van der Waals surface area contributed by atoms with E-state index in [-0.39, 0.29) is 11.9 Å². The fraction of sp³-hybridized carbons (Fsp3) is 0.778. The predicted molar refractivity (Wildman–Crippen MR) is 51.8 cm³/mol. The molecule has 1 fully saturated rings. The SMILES string of the molecule is CC(C)N1CCC2(C1)OC(N)=NC2=O. The Labute approximate surface area is 82.9 Å². The van der Waals surface area contributed by atoms with Gasteiger partial charge in [-0.1, -0.05) is 0 Å². The molecular formula is C9H15N3O2. The second kappa shape index (κ2) is 2.95. The van der Waals surface area contributed by atoms with Crippen LogP contribution in [0.5, 0.6) is 0 Å². The number of hydrogen-bond donors (Lipinski definition) is 1. The van der Waals surface area contributed by atoms with E-state index in [1.807, 2.05) is 0 Å². The molecule has 0 radical (unpaired) electrons. The van der Waals surface area contributed by atoms with Gasteiger partial charge in [0.1, 0.15) is 0 Å². The van der Waals surface area contributed by atoms with E-state index < -0.39 is 5.60 Å². The molecule has 0 saturated carbocycles. The first-order valence-electron chi connectivity index (χ1n) is 4.85. The summed E-state index contributed by atoms with van der Waals surface area (Å²) in [5, 5.41) is 0. The standard InChI is InChI=1S/C9H15N3O2/c1-6(2)12-4-3-9(5-12)7(13)11-8(10)14-9/h6H,3-5H2,1-2H3,(H2,10,11,13). The summed E-state index contributed by atoms with van der Waals surface area (Å²) in [7, 11) is 0. The molecule has 14 heavy (non-hydrogen) atoms. The van der Waals surface area contributed by atoms with Crippen molar-refractivity contribution in [2.45, 2.75) is 31.9 Å². The molecule has 5 nitrogen and oxygen atoms in total. The monoisotopic (exact) mass is 197 g/mol. The number of carbonyl (C=O) groups is 1. The summed E-state index contributed by atoms with van der Waals surface area (Å²) in [6, 6.07) is 0.438. The van der Waals surface area contributed by atoms with Gasteiger partial charge >= 0.3 is 0 Å². The van der Waals surface area contributed by atoms with Gasteiger partial charge in [-0.15, -0.1) is 0 Å². The van der Waals surface area contributed by atoms with Crippen LogP contribution in [0, 0.1) is 0 Å². The average Bonchev–Trinajstić information content (AvgIpc) is 2.59. The molecule has 2 heterocycles. The average molecular weight is 197 g/mol. The van der Waals surface area contributed by atoms with Crippen LogP contribution in [-0.2, 0) is 9.53 Å². The van der Waals surface area contributed by atoms with Crippen molar-refractivity contribution in [1.82, 2.24) is 4.90 Å². The van der Waals surface area contributed by atoms with Gasteiger partial charge in [-0.2, -0.15) is 4.99 Å². The highest BCUT2D eigenvalue weighted by Crippen LogP contribution is 2.31. The number of aliphatic imine (C=N–C) groups is 1. The first-order chi connectivity index (χ1) is 6.53. The Balaban J connectivity index is 2.12. The maximum atomic E-state index is 11.6. The van der Waals surface area contributed by atoms with Gasteiger partial charge in [-0.25, -0.2) is 0 Å². The normalized spacial score (nSPS) is 32.8. The van der Waals surface area contributed by atoms with Crippen LogP contribution in [0.25, 0.3) is 0 Å². The van der Waals surface area contributed by atoms with E-state index in [1.54, 1.807) is 0 Å². The van der Waals surface area contributed by atoms with Crippen molar-refractivity contribution in [3.63, 3.8) is 0 Å². The van der Waals surface area contributed by atoms with Crippen LogP contribution in [0.4, 0.5) is 0 Å². The van der Waals surface area contributed by atoms with Gasteiger partial charge in [-0.3, -0.25) is 9.69 Å². The van der Waals surface area contributed by atoms with E-state index in [1.165, 1.54) is 0 Å². The van der Waals surface area contributed by atoms with Crippen LogP contribution in [0.15, 0.2) is 4.99 Å². The smallest absolute Gasteiger partial charge is 0.295 e. The van der Waals surface area contributed by atoms with Crippen LogP contribution in [0.1, 0.15) is 20.3 Å². The molecule has 0 aromatic rings. The highest BCUT2D eigenvalue weighted by atomic mass is 16.5. The van der Waals surface area contributed by atoms with Gasteiger partial charge in [0.2, 0.25) is 5.60 Å². The number of likely N-dealkylation sites (tertiary alicyclic amines) is 1. The molecule has 2 aliphatic heterocycles. The summed E-state index contributed by atoms with van der Waals surface area (Å²) < 4.78 is 5.34. The molecule has 0 aliphatic carbocycles. The Kier molecular flexibility index (Phi) is 1.99. The van der Waals surface area contributed by atoms with E-state index in [0.29, 0.717) is 19.0 Å². The summed E-state index contributed by atoms with van der Waals surface area (Å²) >= 11 is 0. The summed E-state index contributed by atoms with van der Waals surface area (Å²) in [5.41, 5.74) is 4.62. The van der Waals surface area contributed by atoms with Crippen molar-refractivity contribution in [1.29, 1.82) is 0 Å². The van der Waals surface area contributed by atoms with Gasteiger partial charge in [-0.05, 0) is 13.8 Å². The third-order valence-corrected chi connectivity index (χ3v) is 2.89. The first-order valence-corrected chi connectivity index (χ1v) is 4.85. The minimum absolute atomic E-state index is 0.0145. The Morgan fingerprint density at radius 2 is 2.36 bits per heavy atom. The number of ether oxygens (including phenoxy) is 1. The molecule has 2 N–H and O–H groups in total. The largest absolute Gasteiger partial charge is 0.447 e. The molecule has 1 amide bonds. The van der Waals surface area contributed by atoms with Crippen molar-refractivity contribution in [2.75, 3.05) is 13.1 Å². The van der Waals surface area contributed by atoms with Crippen LogP contribution in [0.2, 0.25) is 0 Å². The number of hydrogen-bond acceptors (Lipinski definition) is 4. The third kappa shape index (κ3) is 1.28. The summed E-state index contributed by atoms with van der Waals surface area (Å²) in [5.74, 6) is -0.224. The van der Waals surface area contributed by atoms with E-state index in [0.717, 1.165) is 6.54 Å². The van der Waals surface area contributed by atoms with Gasteiger partial charge in [0.25, 0.3) is 11.9 Å². The second-order valence-electron chi connectivity index (χ2n) is 4.17. The lowest BCUT2D eigenvalue weighted by Gasteiger charge is -2.23. The third-order valence-electron chi connectivity index (χ3n) is 2.89. The molecular weight excluding hydrogens is 182 g/mol. The Morgan fingerprint density at radius 3 is 2.79 bits per heavy atom. The number of amidine groups is 1. The lowest BCUT2D eigenvalue weighted by atomic mass is 10.0. The fourth-order valence-electron chi connectivity index (χ4n) is 1.98. The zero-order chi connectivity index (χ0) is 10.3. The van der Waals surface area contributed by atoms with Crippen molar-refractivity contribution in [3.05, 3.63) is 0 Å². The number of nitrogens with zero attached hydrogens (tertiary/aromatic N) is 2. The summed E-state index contributed by atoms with van der Waals surface area (Å²) in [4.78, 5) is 17.4. The molecule has 0 bridgehead atoms. The molecule has 2 rings (SSSR count). The zero-order valence-electron chi connectivity index (χ0n) is 8.49. The second-order valence-corrected chi connectivity index (χ2v) is 4.17. The highest BCUT2D eigenvalue weighted by molar-refractivity contribution is 6.01. The van der Waals surface area contributed by atoms with Gasteiger partial charge in [0, 0.05) is 25.6 Å². The van der Waals surface area contributed by atoms with Gasteiger partial charge in [0.15, 0.2) is 0 Å². The molecule has 1 saturated heterocycles. The van der Waals surface area contributed by atoms with Crippen molar-refractivity contribution < 1.29 is 9.53 Å². The molecule has 0 aromatic carbocycles. The van der Waals surface area contributed by atoms with Gasteiger partial charge < -0.3 is 10.5 Å². The predicted octanol–water partition coefficient (Wildman–Crippen LogP) is -0.289. The Hall–Kier alpha value is -1.10. The number of amides is 1. The molecule has 78 valence electrons. The highest BCUT2D eigenvalue weighted by Gasteiger charge is 2.51. The number of rotatable bonds is 1. The molecule has 1 unspecified atom stereocenters. The first kappa shape index (κ1) is 9.45. The summed E-state index contributed by atoms with van der Waals surface area (Å²) in [6.07, 6.45) is 0.689. The minimum atomic E-state index is -0.769. The topological polar surface area (TPSA) is 67.9 Å². The minimum Gasteiger partial charge on any atom is -0.447 e. The molecule has 2 aliphatic rings. The van der Waals surface area contributed by atoms with Crippen molar-refractivity contribution >= 4 is 11.9 Å². The van der Waals surface area contributed by atoms with Crippen LogP contribution in [-0.4, -0.2) is 41.6 Å². The van der Waals surface area contributed by atoms with Crippen molar-refractivity contribution in [3.8, 4) is 0 Å². The molecule has 1 atom stereocenters. The lowest BCUT2D eigenvalue weighted by molar-refractivity contribution is -0.129. The van der Waals surface area contributed by atoms with E-state index in [4.69, 9.17) is 10.5 Å². The number of carbonyl (C=O) groups excluding carboxylic acids is 1. The zero-order valence-corrected chi connectivity index (χ0v) is 8.49. The lowest BCUT2D eigenvalue weighted by Crippen LogP contribution is -2.42. The van der Waals surface area contributed by atoms with Crippen LogP contribution in [0.3, 0.4) is 0 Å². The Bertz CT molecular complexity index is 300. The quantitative estimate of drug-likeness (QED) is 0.627. The molecule has 0 aromatic heterocycles.